The van der Waals surface area contributed by atoms with Gasteiger partial charge in [-0.05, 0) is 12.8 Å². The zero-order valence-electron chi connectivity index (χ0n) is 6.29. The first-order valence-corrected chi connectivity index (χ1v) is 3.31. The van der Waals surface area contributed by atoms with Crippen molar-refractivity contribution in [2.24, 2.45) is 16.5 Å². The second-order valence-corrected chi connectivity index (χ2v) is 2.10. The Morgan fingerprint density at radius 2 is 2.18 bits per heavy atom. The molecular formula is C6H13N4O+. The number of amides is 1. The predicted octanol–water partition coefficient (Wildman–Crippen LogP) is -2.21. The Bertz CT molecular complexity index is 175. The largest absolute Gasteiger partial charge is 0.379 e. The summed E-state index contributed by atoms with van der Waals surface area (Å²) in [5.41, 5.74) is 9.94. The lowest BCUT2D eigenvalue weighted by molar-refractivity contribution is -0.118. The third kappa shape index (κ3) is 8.61. The minimum absolute atomic E-state index is 0.0316. The van der Waals surface area contributed by atoms with E-state index in [1.807, 2.05) is 0 Å². The normalized spacial score (nSPS) is 10.2. The lowest BCUT2D eigenvalue weighted by Crippen LogP contribution is -2.44. The molecule has 0 atom stereocenters. The summed E-state index contributed by atoms with van der Waals surface area (Å²) in [7, 11) is 0. The van der Waals surface area contributed by atoms with Gasteiger partial charge in [-0.25, -0.2) is 0 Å². The van der Waals surface area contributed by atoms with E-state index < -0.39 is 0 Å². The van der Waals surface area contributed by atoms with Gasteiger partial charge in [-0.1, -0.05) is 4.99 Å². The topological polar surface area (TPSA) is 107 Å². The lowest BCUT2D eigenvalue weighted by Gasteiger charge is -1.87. The maximum atomic E-state index is 10.2. The highest BCUT2D eigenvalue weighted by molar-refractivity contribution is 5.81. The van der Waals surface area contributed by atoms with Crippen molar-refractivity contribution in [3.63, 3.8) is 0 Å². The van der Waals surface area contributed by atoms with Crippen molar-refractivity contribution in [2.75, 3.05) is 0 Å². The van der Waals surface area contributed by atoms with Gasteiger partial charge in [0.1, 0.15) is 0 Å². The maximum absolute atomic E-state index is 10.2. The van der Waals surface area contributed by atoms with E-state index in [4.69, 9.17) is 16.9 Å². The molecule has 0 bridgehead atoms. The van der Waals surface area contributed by atoms with Crippen LogP contribution in [-0.2, 0) is 4.79 Å². The van der Waals surface area contributed by atoms with E-state index in [9.17, 15) is 4.79 Å². The van der Waals surface area contributed by atoms with Gasteiger partial charge in [0.15, 0.2) is 0 Å². The first-order chi connectivity index (χ1) is 5.13. The molecule has 0 rings (SSSR count). The smallest absolute Gasteiger partial charge is 0.370 e. The first-order valence-electron chi connectivity index (χ1n) is 3.31. The van der Waals surface area contributed by atoms with Gasteiger partial charge in [0, 0.05) is 6.42 Å². The summed E-state index contributed by atoms with van der Waals surface area (Å²) < 4.78 is 0. The Hall–Kier alpha value is -1.39. The lowest BCUT2D eigenvalue weighted by atomic mass is 10.2. The molecule has 5 heteroatoms. The molecule has 0 unspecified atom stereocenters. The standard InChI is InChI=1S/C6H12N4O/c7-5(11)3-1-2-4-10-6(8)9/h4H,1-3H2,(H2,7,11)(H3,8,9)/p+1. The molecule has 0 aliphatic carbocycles. The van der Waals surface area contributed by atoms with Crippen molar-refractivity contribution in [3.05, 3.63) is 0 Å². The summed E-state index contributed by atoms with van der Waals surface area (Å²) in [6.45, 7) is 0. The summed E-state index contributed by atoms with van der Waals surface area (Å²) >= 11 is 0. The molecule has 0 aromatic heterocycles. The van der Waals surface area contributed by atoms with Gasteiger partial charge in [0.25, 0.3) is 0 Å². The van der Waals surface area contributed by atoms with Gasteiger partial charge < -0.3 is 5.73 Å². The summed E-state index contributed by atoms with van der Waals surface area (Å²) in [5, 5.41) is 5.04. The number of nitrogens with two attached hydrogens (primary N) is 3. The van der Waals surface area contributed by atoms with Crippen molar-refractivity contribution in [1.29, 1.82) is 0 Å². The molecule has 0 aliphatic heterocycles. The Kier molecular flexibility index (Phi) is 4.72. The van der Waals surface area contributed by atoms with Crippen LogP contribution in [0.15, 0.2) is 4.99 Å². The fourth-order valence-corrected chi connectivity index (χ4v) is 0.538. The number of unbranched alkanes of at least 4 members (excludes halogenated alkanes) is 1. The van der Waals surface area contributed by atoms with Gasteiger partial charge >= 0.3 is 5.96 Å². The second-order valence-electron chi connectivity index (χ2n) is 2.10. The number of carbonyl (C=O) groups is 1. The number of rotatable bonds is 4. The van der Waals surface area contributed by atoms with Crippen LogP contribution in [0.1, 0.15) is 19.3 Å². The highest BCUT2D eigenvalue weighted by Crippen LogP contribution is 1.90. The van der Waals surface area contributed by atoms with Crippen LogP contribution in [0.5, 0.6) is 0 Å². The van der Waals surface area contributed by atoms with E-state index in [-0.39, 0.29) is 11.9 Å². The molecule has 0 spiro atoms. The molecule has 62 valence electrons. The number of guanidine groups is 1. The second kappa shape index (κ2) is 5.40. The average Bonchev–Trinajstić information content (AvgIpc) is 1.85. The van der Waals surface area contributed by atoms with Gasteiger partial charge in [-0.15, -0.1) is 0 Å². The SMILES string of the molecule is NC(=[NH2+])N=CCCCC(N)=O. The highest BCUT2D eigenvalue weighted by Gasteiger charge is 1.93. The van der Waals surface area contributed by atoms with E-state index in [2.05, 4.69) is 4.99 Å². The van der Waals surface area contributed by atoms with Crippen LogP contribution in [0.4, 0.5) is 0 Å². The van der Waals surface area contributed by atoms with Crippen LogP contribution in [0.25, 0.3) is 0 Å². The fraction of sp³-hybridized carbons (Fsp3) is 0.500. The average molecular weight is 157 g/mol. The zero-order valence-corrected chi connectivity index (χ0v) is 6.29. The minimum Gasteiger partial charge on any atom is -0.370 e. The van der Waals surface area contributed by atoms with Crippen molar-refractivity contribution in [3.8, 4) is 0 Å². The predicted molar refractivity (Wildman–Crippen MR) is 42.7 cm³/mol. The molecule has 11 heavy (non-hydrogen) atoms. The molecule has 1 amide bonds. The van der Waals surface area contributed by atoms with Crippen LogP contribution in [0.2, 0.25) is 0 Å². The first kappa shape index (κ1) is 9.61. The molecule has 0 aromatic carbocycles. The van der Waals surface area contributed by atoms with Crippen molar-refractivity contribution in [2.45, 2.75) is 19.3 Å². The number of hydrogen-bond acceptors (Lipinski definition) is 1. The van der Waals surface area contributed by atoms with Crippen molar-refractivity contribution in [1.82, 2.24) is 0 Å². The maximum Gasteiger partial charge on any atom is 0.379 e. The van der Waals surface area contributed by atoms with E-state index in [1.54, 1.807) is 6.21 Å². The number of hydrogen-bond donors (Lipinski definition) is 3. The van der Waals surface area contributed by atoms with Gasteiger partial charge in [0.05, 0.1) is 6.21 Å². The van der Waals surface area contributed by atoms with Gasteiger partial charge in [-0.3, -0.25) is 15.9 Å². The molecular weight excluding hydrogens is 144 g/mol. The number of primary amides is 1. The quantitative estimate of drug-likeness (QED) is 0.244. The minimum atomic E-state index is -0.303. The summed E-state index contributed by atoms with van der Waals surface area (Å²) in [6, 6.07) is 0. The van der Waals surface area contributed by atoms with Crippen LogP contribution < -0.4 is 16.9 Å². The third-order valence-electron chi connectivity index (χ3n) is 0.997. The molecule has 0 aliphatic rings. The molecule has 0 radical (unpaired) electrons. The molecule has 0 saturated heterocycles. The zero-order chi connectivity index (χ0) is 8.69. The Labute approximate surface area is 65.0 Å². The summed E-state index contributed by atoms with van der Waals surface area (Å²) in [5.74, 6) is -0.271. The number of carbonyl (C=O) groups excluding carboxylic acids is 1. The Morgan fingerprint density at radius 3 is 2.64 bits per heavy atom. The van der Waals surface area contributed by atoms with E-state index >= 15 is 0 Å². The van der Waals surface area contributed by atoms with Gasteiger partial charge in [0.2, 0.25) is 5.91 Å². The third-order valence-corrected chi connectivity index (χ3v) is 0.997. The van der Waals surface area contributed by atoms with E-state index in [0.717, 1.165) is 0 Å². The van der Waals surface area contributed by atoms with Crippen molar-refractivity contribution < 1.29 is 10.2 Å². The van der Waals surface area contributed by atoms with Crippen LogP contribution in [0.3, 0.4) is 0 Å². The van der Waals surface area contributed by atoms with Crippen LogP contribution in [-0.4, -0.2) is 18.1 Å². The molecule has 0 aromatic rings. The van der Waals surface area contributed by atoms with E-state index in [0.29, 0.717) is 19.3 Å². The number of nitrogens with zero attached hydrogens (tertiary/aromatic N) is 1. The van der Waals surface area contributed by atoms with Crippen LogP contribution >= 0.6 is 0 Å². The molecule has 0 heterocycles. The van der Waals surface area contributed by atoms with Crippen LogP contribution in [0, 0.1) is 0 Å². The monoisotopic (exact) mass is 157 g/mol. The molecule has 5 nitrogen and oxygen atoms in total. The summed E-state index contributed by atoms with van der Waals surface area (Å²) in [4.78, 5) is 13.8. The van der Waals surface area contributed by atoms with Crippen molar-refractivity contribution >= 4 is 18.1 Å². The molecule has 6 N–H and O–H groups in total. The Morgan fingerprint density at radius 1 is 1.55 bits per heavy atom. The summed E-state index contributed by atoms with van der Waals surface area (Å²) in [6.07, 6.45) is 3.29. The van der Waals surface area contributed by atoms with E-state index in [1.165, 1.54) is 0 Å². The number of aliphatic imine (C=N–C) groups is 1. The molecule has 0 saturated carbocycles. The van der Waals surface area contributed by atoms with Gasteiger partial charge in [-0.2, -0.15) is 0 Å². The highest BCUT2D eigenvalue weighted by atomic mass is 16.1. The Balaban J connectivity index is 3.27. The molecule has 0 fully saturated rings. The fourth-order valence-electron chi connectivity index (χ4n) is 0.538.